The van der Waals surface area contributed by atoms with Crippen molar-refractivity contribution in [2.24, 2.45) is 7.05 Å². The number of benzene rings is 2. The van der Waals surface area contributed by atoms with Crippen LogP contribution >= 0.6 is 24.0 Å². The smallest absolute Gasteiger partial charge is 0.117 e. The molecule has 1 aromatic heterocycles. The van der Waals surface area contributed by atoms with Crippen LogP contribution in [0, 0.1) is 0 Å². The number of aryl methyl sites for hydroxylation is 1. The van der Waals surface area contributed by atoms with Crippen LogP contribution in [-0.2, 0) is 20.0 Å². The summed E-state index contributed by atoms with van der Waals surface area (Å²) in [6.07, 6.45) is 0.980. The summed E-state index contributed by atoms with van der Waals surface area (Å²) in [5.74, 6) is 0. The zero-order chi connectivity index (χ0) is 14.7. The highest BCUT2D eigenvalue weighted by molar-refractivity contribution is 6.30. The number of halogens is 2. The largest absolute Gasteiger partial charge is 0.312 e. The number of rotatable bonds is 5. The van der Waals surface area contributed by atoms with Gasteiger partial charge in [-0.15, -0.1) is 17.5 Å². The van der Waals surface area contributed by atoms with E-state index in [4.69, 9.17) is 11.6 Å². The second-order valence-corrected chi connectivity index (χ2v) is 5.49. The number of fused-ring (bicyclic) bond motifs is 1. The normalized spacial score (nSPS) is 10.6. The minimum absolute atomic E-state index is 0. The summed E-state index contributed by atoms with van der Waals surface area (Å²) in [5, 5.41) is 12.5. The summed E-state index contributed by atoms with van der Waals surface area (Å²) in [5.41, 5.74) is 4.49. The van der Waals surface area contributed by atoms with Gasteiger partial charge in [0.25, 0.3) is 0 Å². The Kier molecular flexibility index (Phi) is 5.77. The monoisotopic (exact) mass is 336 g/mol. The third-order valence-electron chi connectivity index (χ3n) is 3.54. The third-order valence-corrected chi connectivity index (χ3v) is 3.80. The summed E-state index contributed by atoms with van der Waals surface area (Å²) in [6.45, 7) is 1.71. The zero-order valence-electron chi connectivity index (χ0n) is 12.3. The number of hydrogen-bond donors (Lipinski definition) is 1. The van der Waals surface area contributed by atoms with Crippen LogP contribution in [0.1, 0.15) is 11.1 Å². The van der Waals surface area contributed by atoms with Crippen molar-refractivity contribution < 1.29 is 0 Å². The SMILES string of the molecule is Cl.Cn1nnc2c(CNCCc3ccc(Cl)cc3)cccc21. The van der Waals surface area contributed by atoms with Crippen molar-refractivity contribution >= 4 is 35.0 Å². The molecule has 0 bridgehead atoms. The van der Waals surface area contributed by atoms with E-state index in [0.29, 0.717) is 0 Å². The quantitative estimate of drug-likeness (QED) is 0.726. The molecular formula is C16H18Cl2N4. The molecule has 0 aliphatic carbocycles. The molecule has 6 heteroatoms. The molecule has 1 N–H and O–H groups in total. The minimum Gasteiger partial charge on any atom is -0.312 e. The maximum absolute atomic E-state index is 5.88. The molecule has 0 saturated carbocycles. The topological polar surface area (TPSA) is 42.7 Å². The van der Waals surface area contributed by atoms with Gasteiger partial charge in [0.05, 0.1) is 5.52 Å². The van der Waals surface area contributed by atoms with Crippen molar-refractivity contribution in [2.45, 2.75) is 13.0 Å². The maximum atomic E-state index is 5.88. The predicted molar refractivity (Wildman–Crippen MR) is 92.6 cm³/mol. The van der Waals surface area contributed by atoms with Crippen LogP contribution in [0.3, 0.4) is 0 Å². The second kappa shape index (κ2) is 7.58. The molecule has 3 aromatic rings. The van der Waals surface area contributed by atoms with Crippen LogP contribution in [0.5, 0.6) is 0 Å². The summed E-state index contributed by atoms with van der Waals surface area (Å²) in [7, 11) is 1.91. The second-order valence-electron chi connectivity index (χ2n) is 5.05. The van der Waals surface area contributed by atoms with Crippen molar-refractivity contribution in [3.8, 4) is 0 Å². The molecule has 0 saturated heterocycles. The van der Waals surface area contributed by atoms with E-state index < -0.39 is 0 Å². The average Bonchev–Trinajstić information content (AvgIpc) is 2.88. The standard InChI is InChI=1S/C16H17ClN4.ClH/c1-21-15-4-2-3-13(16(15)19-20-21)11-18-10-9-12-5-7-14(17)8-6-12;/h2-8,18H,9-11H2,1H3;1H. The molecule has 0 aliphatic heterocycles. The van der Waals surface area contributed by atoms with Crippen LogP contribution < -0.4 is 5.32 Å². The van der Waals surface area contributed by atoms with E-state index >= 15 is 0 Å². The maximum Gasteiger partial charge on any atom is 0.117 e. The van der Waals surface area contributed by atoms with Gasteiger partial charge in [0.1, 0.15) is 5.52 Å². The number of aromatic nitrogens is 3. The lowest BCUT2D eigenvalue weighted by Gasteiger charge is -2.06. The van der Waals surface area contributed by atoms with Crippen molar-refractivity contribution in [1.29, 1.82) is 0 Å². The van der Waals surface area contributed by atoms with Crippen molar-refractivity contribution in [1.82, 2.24) is 20.3 Å². The van der Waals surface area contributed by atoms with Crippen LogP contribution in [-0.4, -0.2) is 21.5 Å². The van der Waals surface area contributed by atoms with E-state index in [9.17, 15) is 0 Å². The van der Waals surface area contributed by atoms with E-state index in [-0.39, 0.29) is 12.4 Å². The van der Waals surface area contributed by atoms with Crippen molar-refractivity contribution in [3.63, 3.8) is 0 Å². The Balaban J connectivity index is 0.00000176. The van der Waals surface area contributed by atoms with Gasteiger partial charge in [-0.2, -0.15) is 0 Å². The predicted octanol–water partition coefficient (Wildman–Crippen LogP) is 3.38. The van der Waals surface area contributed by atoms with Gasteiger partial charge in [0.15, 0.2) is 0 Å². The van der Waals surface area contributed by atoms with Crippen LogP contribution in [0.25, 0.3) is 11.0 Å². The molecule has 3 rings (SSSR count). The lowest BCUT2D eigenvalue weighted by Crippen LogP contribution is -2.16. The first-order valence-electron chi connectivity index (χ1n) is 6.96. The van der Waals surface area contributed by atoms with Gasteiger partial charge in [0.2, 0.25) is 0 Å². The van der Waals surface area contributed by atoms with Crippen molar-refractivity contribution in [3.05, 3.63) is 58.6 Å². The Bertz CT molecular complexity index is 737. The lowest BCUT2D eigenvalue weighted by molar-refractivity contribution is 0.688. The van der Waals surface area contributed by atoms with Gasteiger partial charge < -0.3 is 5.32 Å². The minimum atomic E-state index is 0. The molecule has 0 fully saturated rings. The van der Waals surface area contributed by atoms with Gasteiger partial charge >= 0.3 is 0 Å². The Morgan fingerprint density at radius 3 is 2.68 bits per heavy atom. The Morgan fingerprint density at radius 1 is 1.14 bits per heavy atom. The van der Waals surface area contributed by atoms with Crippen LogP contribution in [0.15, 0.2) is 42.5 Å². The first-order valence-corrected chi connectivity index (χ1v) is 7.34. The summed E-state index contributed by atoms with van der Waals surface area (Å²) < 4.78 is 1.80. The number of nitrogens with one attached hydrogen (secondary N) is 1. The highest BCUT2D eigenvalue weighted by atomic mass is 35.5. The fraction of sp³-hybridized carbons (Fsp3) is 0.250. The van der Waals surface area contributed by atoms with E-state index in [2.05, 4.69) is 33.8 Å². The molecular weight excluding hydrogens is 319 g/mol. The molecule has 0 aliphatic rings. The van der Waals surface area contributed by atoms with E-state index in [1.54, 1.807) is 4.68 Å². The molecule has 0 atom stereocenters. The Labute approximate surface area is 140 Å². The molecule has 2 aromatic carbocycles. The van der Waals surface area contributed by atoms with E-state index in [1.807, 2.05) is 31.3 Å². The molecule has 0 amide bonds. The molecule has 0 unspecified atom stereocenters. The molecule has 0 radical (unpaired) electrons. The number of nitrogens with zero attached hydrogens (tertiary/aromatic N) is 3. The third kappa shape index (κ3) is 3.77. The highest BCUT2D eigenvalue weighted by Gasteiger charge is 2.05. The molecule has 22 heavy (non-hydrogen) atoms. The van der Waals surface area contributed by atoms with Crippen molar-refractivity contribution in [2.75, 3.05) is 6.54 Å². The first-order chi connectivity index (χ1) is 10.2. The van der Waals surface area contributed by atoms with E-state index in [0.717, 1.165) is 35.6 Å². The first kappa shape index (κ1) is 16.7. The Morgan fingerprint density at radius 2 is 1.91 bits per heavy atom. The van der Waals surface area contributed by atoms with Gasteiger partial charge in [0, 0.05) is 18.6 Å². The fourth-order valence-corrected chi connectivity index (χ4v) is 2.49. The zero-order valence-corrected chi connectivity index (χ0v) is 13.9. The molecule has 4 nitrogen and oxygen atoms in total. The fourth-order valence-electron chi connectivity index (χ4n) is 2.36. The van der Waals surface area contributed by atoms with Gasteiger partial charge in [-0.25, -0.2) is 4.68 Å². The summed E-state index contributed by atoms with van der Waals surface area (Å²) in [6, 6.07) is 14.1. The van der Waals surface area contributed by atoms with E-state index in [1.165, 1.54) is 11.1 Å². The van der Waals surface area contributed by atoms with Gasteiger partial charge in [-0.3, -0.25) is 0 Å². The Hall–Kier alpha value is -1.62. The van der Waals surface area contributed by atoms with Gasteiger partial charge in [-0.05, 0) is 42.3 Å². The summed E-state index contributed by atoms with van der Waals surface area (Å²) in [4.78, 5) is 0. The highest BCUT2D eigenvalue weighted by Crippen LogP contribution is 2.15. The van der Waals surface area contributed by atoms with Crippen LogP contribution in [0.2, 0.25) is 5.02 Å². The summed E-state index contributed by atoms with van der Waals surface area (Å²) >= 11 is 5.88. The van der Waals surface area contributed by atoms with Crippen LogP contribution in [0.4, 0.5) is 0 Å². The van der Waals surface area contributed by atoms with Gasteiger partial charge in [-0.1, -0.05) is 41.1 Å². The molecule has 0 spiro atoms. The number of hydrogen-bond acceptors (Lipinski definition) is 3. The average molecular weight is 337 g/mol. The molecule has 116 valence electrons. The molecule has 1 heterocycles. The lowest BCUT2D eigenvalue weighted by atomic mass is 10.1.